The van der Waals surface area contributed by atoms with Crippen LogP contribution in [-0.4, -0.2) is 19.2 Å². The highest BCUT2D eigenvalue weighted by atomic mass is 32.2. The van der Waals surface area contributed by atoms with Crippen LogP contribution in [-0.2, 0) is 23.1 Å². The van der Waals surface area contributed by atoms with Gasteiger partial charge in [-0.15, -0.1) is 22.7 Å². The summed E-state index contributed by atoms with van der Waals surface area (Å²) in [7, 11) is -4.07. The van der Waals surface area contributed by atoms with Gasteiger partial charge >= 0.3 is 0 Å². The number of nitrogens with zero attached hydrogens (tertiary/aromatic N) is 1. The van der Waals surface area contributed by atoms with E-state index in [9.17, 15) is 17.6 Å². The topological polar surface area (TPSA) is 66.5 Å². The second-order valence-corrected chi connectivity index (χ2v) is 10.7. The van der Waals surface area contributed by atoms with Crippen LogP contribution in [0.4, 0.5) is 10.1 Å². The maximum absolute atomic E-state index is 13.9. The van der Waals surface area contributed by atoms with Crippen LogP contribution in [0.1, 0.15) is 20.1 Å². The summed E-state index contributed by atoms with van der Waals surface area (Å²) in [6.07, 6.45) is 0. The number of anilines is 1. The smallest absolute Gasteiger partial charge is 0.262 e. The van der Waals surface area contributed by atoms with Crippen LogP contribution in [0, 0.1) is 5.82 Å². The maximum atomic E-state index is 13.9. The van der Waals surface area contributed by atoms with Crippen LogP contribution in [0.15, 0.2) is 88.5 Å². The molecule has 0 fully saturated rings. The minimum Gasteiger partial charge on any atom is -0.328 e. The van der Waals surface area contributed by atoms with Crippen LogP contribution < -0.4 is 4.72 Å². The highest BCUT2D eigenvalue weighted by molar-refractivity contribution is 7.92. The predicted octanol–water partition coefficient (Wildman–Crippen LogP) is 5.59. The van der Waals surface area contributed by atoms with Crippen LogP contribution in [0.2, 0.25) is 0 Å². The van der Waals surface area contributed by atoms with Crippen molar-refractivity contribution < 1.29 is 17.6 Å². The van der Waals surface area contributed by atoms with E-state index < -0.39 is 15.8 Å². The van der Waals surface area contributed by atoms with Crippen molar-refractivity contribution in [3.8, 4) is 0 Å². The Morgan fingerprint density at radius 3 is 2.12 bits per heavy atom. The Balaban J connectivity index is 1.61. The fourth-order valence-corrected chi connectivity index (χ4v) is 5.66. The molecule has 0 saturated heterocycles. The van der Waals surface area contributed by atoms with Gasteiger partial charge < -0.3 is 4.90 Å². The van der Waals surface area contributed by atoms with E-state index in [4.69, 9.17) is 0 Å². The van der Waals surface area contributed by atoms with Crippen molar-refractivity contribution in [1.82, 2.24) is 4.90 Å². The fraction of sp³-hybridized carbons (Fsp3) is 0.0870. The van der Waals surface area contributed by atoms with E-state index in [-0.39, 0.29) is 22.1 Å². The van der Waals surface area contributed by atoms with E-state index in [2.05, 4.69) is 4.72 Å². The van der Waals surface area contributed by atoms with Gasteiger partial charge in [0, 0.05) is 15.3 Å². The summed E-state index contributed by atoms with van der Waals surface area (Å²) in [6, 6.07) is 19.1. The largest absolute Gasteiger partial charge is 0.328 e. The van der Waals surface area contributed by atoms with Crippen molar-refractivity contribution in [2.45, 2.75) is 18.0 Å². The molecule has 0 bridgehead atoms. The highest BCUT2D eigenvalue weighted by Crippen LogP contribution is 2.23. The SMILES string of the molecule is O=C(c1cccc(S(=O)(=O)Nc2ccccc2F)c1)N(Cc1cccs1)Cc1cccs1. The molecule has 1 N–H and O–H groups in total. The number of thiophene rings is 2. The molecule has 0 saturated carbocycles. The minimum atomic E-state index is -4.07. The molecule has 164 valence electrons. The molecule has 0 spiro atoms. The Labute approximate surface area is 193 Å². The molecule has 32 heavy (non-hydrogen) atoms. The summed E-state index contributed by atoms with van der Waals surface area (Å²) in [4.78, 5) is 17.0. The lowest BCUT2D eigenvalue weighted by atomic mass is 10.2. The van der Waals surface area contributed by atoms with Crippen molar-refractivity contribution in [1.29, 1.82) is 0 Å². The summed E-state index contributed by atoms with van der Waals surface area (Å²) in [5.41, 5.74) is 0.0933. The molecule has 0 aliphatic carbocycles. The molecule has 4 aromatic rings. The summed E-state index contributed by atoms with van der Waals surface area (Å²) >= 11 is 3.11. The number of amides is 1. The van der Waals surface area contributed by atoms with E-state index >= 15 is 0 Å². The molecule has 2 heterocycles. The van der Waals surface area contributed by atoms with E-state index in [1.54, 1.807) is 33.6 Å². The summed E-state index contributed by atoms with van der Waals surface area (Å²) in [5, 5.41) is 3.90. The Morgan fingerprint density at radius 1 is 0.875 bits per heavy atom. The molecule has 0 radical (unpaired) electrons. The molecule has 0 unspecified atom stereocenters. The highest BCUT2D eigenvalue weighted by Gasteiger charge is 2.21. The Kier molecular flexibility index (Phi) is 6.69. The maximum Gasteiger partial charge on any atom is 0.262 e. The van der Waals surface area contributed by atoms with E-state index in [1.165, 1.54) is 42.5 Å². The van der Waals surface area contributed by atoms with Crippen molar-refractivity contribution in [2.75, 3.05) is 4.72 Å². The molecular formula is C23H19FN2O3S3. The van der Waals surface area contributed by atoms with Crippen LogP contribution in [0.25, 0.3) is 0 Å². The van der Waals surface area contributed by atoms with Crippen molar-refractivity contribution in [2.24, 2.45) is 0 Å². The summed E-state index contributed by atoms with van der Waals surface area (Å²) in [5.74, 6) is -0.962. The lowest BCUT2D eigenvalue weighted by Crippen LogP contribution is -2.29. The number of carbonyl (C=O) groups is 1. The molecule has 0 atom stereocenters. The van der Waals surface area contributed by atoms with Gasteiger partial charge in [0.05, 0.1) is 23.7 Å². The number of hydrogen-bond acceptors (Lipinski definition) is 5. The monoisotopic (exact) mass is 486 g/mol. The van der Waals surface area contributed by atoms with Crippen molar-refractivity contribution in [3.63, 3.8) is 0 Å². The van der Waals surface area contributed by atoms with E-state index in [0.717, 1.165) is 9.75 Å². The predicted molar refractivity (Wildman–Crippen MR) is 126 cm³/mol. The van der Waals surface area contributed by atoms with Crippen LogP contribution in [0.5, 0.6) is 0 Å². The summed E-state index contributed by atoms with van der Waals surface area (Å²) < 4.78 is 41.8. The van der Waals surface area contributed by atoms with Gasteiger partial charge in [-0.05, 0) is 53.2 Å². The molecule has 1 amide bonds. The second kappa shape index (κ2) is 9.64. The number of halogens is 1. The van der Waals surface area contributed by atoms with Crippen molar-refractivity contribution in [3.05, 3.63) is 105 Å². The first-order chi connectivity index (χ1) is 15.4. The normalized spacial score (nSPS) is 11.3. The van der Waals surface area contributed by atoms with Gasteiger partial charge in [0.25, 0.3) is 15.9 Å². The lowest BCUT2D eigenvalue weighted by molar-refractivity contribution is 0.0733. The Morgan fingerprint density at radius 2 is 1.53 bits per heavy atom. The van der Waals surface area contributed by atoms with Gasteiger partial charge in [0.15, 0.2) is 0 Å². The number of hydrogen-bond donors (Lipinski definition) is 1. The standard InChI is InChI=1S/C23H19FN2O3S3/c24-21-10-1-2-11-22(21)25-32(28,29)20-9-3-6-17(14-20)23(27)26(15-18-7-4-12-30-18)16-19-8-5-13-31-19/h1-14,25H,15-16H2. The third-order valence-corrected chi connectivity index (χ3v) is 7.74. The van der Waals surface area contributed by atoms with Gasteiger partial charge in [-0.1, -0.05) is 30.3 Å². The second-order valence-electron chi connectivity index (χ2n) is 6.93. The molecule has 0 aliphatic heterocycles. The molecule has 2 aromatic carbocycles. The average Bonchev–Trinajstić information content (AvgIpc) is 3.49. The fourth-order valence-electron chi connectivity index (χ4n) is 3.11. The number of sulfonamides is 1. The lowest BCUT2D eigenvalue weighted by Gasteiger charge is -2.22. The van der Waals surface area contributed by atoms with Crippen LogP contribution in [0.3, 0.4) is 0 Å². The van der Waals surface area contributed by atoms with Crippen molar-refractivity contribution >= 4 is 44.3 Å². The molecule has 0 aliphatic rings. The van der Waals surface area contributed by atoms with Crippen LogP contribution >= 0.6 is 22.7 Å². The number of para-hydroxylation sites is 1. The first-order valence-electron chi connectivity index (χ1n) is 9.64. The van der Waals surface area contributed by atoms with Gasteiger partial charge in [-0.2, -0.15) is 0 Å². The van der Waals surface area contributed by atoms with Gasteiger partial charge in [-0.25, -0.2) is 12.8 Å². The molecular weight excluding hydrogens is 467 g/mol. The zero-order valence-electron chi connectivity index (χ0n) is 16.8. The quantitative estimate of drug-likeness (QED) is 0.353. The number of benzene rings is 2. The third-order valence-electron chi connectivity index (χ3n) is 4.65. The van der Waals surface area contributed by atoms with Gasteiger partial charge in [-0.3, -0.25) is 9.52 Å². The average molecular weight is 487 g/mol. The number of nitrogens with one attached hydrogen (secondary N) is 1. The number of rotatable bonds is 8. The minimum absolute atomic E-state index is 0.112. The van der Waals surface area contributed by atoms with Gasteiger partial charge in [0.1, 0.15) is 5.82 Å². The molecule has 4 rings (SSSR count). The first kappa shape index (κ1) is 22.2. The zero-order valence-corrected chi connectivity index (χ0v) is 19.2. The Hall–Kier alpha value is -3.01. The molecule has 9 heteroatoms. The van der Waals surface area contributed by atoms with Gasteiger partial charge in [0.2, 0.25) is 0 Å². The first-order valence-corrected chi connectivity index (χ1v) is 12.9. The zero-order chi connectivity index (χ0) is 22.6. The molecule has 2 aromatic heterocycles. The summed E-state index contributed by atoms with van der Waals surface area (Å²) in [6.45, 7) is 0.831. The van der Waals surface area contributed by atoms with E-state index in [0.29, 0.717) is 13.1 Å². The molecule has 5 nitrogen and oxygen atoms in total. The third kappa shape index (κ3) is 5.24. The number of carbonyl (C=O) groups excluding carboxylic acids is 1. The Bertz CT molecular complexity index is 1270. The van der Waals surface area contributed by atoms with E-state index in [1.807, 2.05) is 35.0 Å².